The maximum absolute atomic E-state index is 5.62. The van der Waals surface area contributed by atoms with Gasteiger partial charge < -0.3 is 15.8 Å². The molecule has 0 saturated carbocycles. The van der Waals surface area contributed by atoms with Crippen molar-refractivity contribution in [1.82, 2.24) is 0 Å². The molecule has 3 N–H and O–H groups in total. The highest BCUT2D eigenvalue weighted by molar-refractivity contribution is 7.80. The Balaban J connectivity index is 2.67. The molecule has 0 radical (unpaired) electrons. The highest BCUT2D eigenvalue weighted by Gasteiger charge is 2.05. The Morgan fingerprint density at radius 1 is 1.53 bits per heavy atom. The van der Waals surface area contributed by atoms with E-state index in [1.165, 1.54) is 0 Å². The predicted octanol–water partition coefficient (Wildman–Crippen LogP) is 2.47. The summed E-state index contributed by atoms with van der Waals surface area (Å²) < 4.78 is 5.36. The number of nitrogens with two attached hydrogens (primary N) is 1. The topological polar surface area (TPSA) is 47.3 Å². The first kappa shape index (κ1) is 13.9. The van der Waals surface area contributed by atoms with Gasteiger partial charge in [-0.2, -0.15) is 0 Å². The largest absolute Gasteiger partial charge is 0.389 e. The summed E-state index contributed by atoms with van der Waals surface area (Å²) in [7, 11) is 0. The molecule has 1 aromatic carbocycles. The number of ether oxygens (including phenoxy) is 1. The summed E-state index contributed by atoms with van der Waals surface area (Å²) in [5.74, 6) is 0. The van der Waals surface area contributed by atoms with Gasteiger partial charge in [0.25, 0.3) is 0 Å². The van der Waals surface area contributed by atoms with Crippen LogP contribution in [0, 0.1) is 6.92 Å². The third-order valence-corrected chi connectivity index (χ3v) is 2.70. The van der Waals surface area contributed by atoms with E-state index in [1.807, 2.05) is 26.0 Å². The Labute approximate surface area is 108 Å². The molecule has 0 bridgehead atoms. The molecular formula is C13H20N2OS. The second kappa shape index (κ2) is 6.57. The molecule has 0 fully saturated rings. The molecule has 1 aromatic rings. The number of thiocarbonyl (C=S) groups is 1. The van der Waals surface area contributed by atoms with Crippen LogP contribution >= 0.6 is 12.2 Å². The van der Waals surface area contributed by atoms with Gasteiger partial charge in [-0.05, 0) is 44.5 Å². The van der Waals surface area contributed by atoms with Crippen LogP contribution in [-0.2, 0) is 4.74 Å². The van der Waals surface area contributed by atoms with Crippen molar-refractivity contribution >= 4 is 22.9 Å². The first-order valence-electron chi connectivity index (χ1n) is 5.79. The Hall–Kier alpha value is -1.13. The standard InChI is InChI=1S/C13H20N2OS/c1-4-16-8-10(3)15-11-5-6-12(13(14)17)9(2)7-11/h5-7,10,15H,4,8H2,1-3H3,(H2,14,17). The quantitative estimate of drug-likeness (QED) is 0.764. The van der Waals surface area contributed by atoms with Gasteiger partial charge in [-0.25, -0.2) is 0 Å². The maximum Gasteiger partial charge on any atom is 0.104 e. The van der Waals surface area contributed by atoms with Crippen molar-refractivity contribution in [2.75, 3.05) is 18.5 Å². The van der Waals surface area contributed by atoms with Crippen molar-refractivity contribution in [3.05, 3.63) is 29.3 Å². The molecule has 4 heteroatoms. The minimum absolute atomic E-state index is 0.282. The number of rotatable bonds is 6. The number of hydrogen-bond acceptors (Lipinski definition) is 3. The monoisotopic (exact) mass is 252 g/mol. The maximum atomic E-state index is 5.62. The molecule has 3 nitrogen and oxygen atoms in total. The first-order valence-corrected chi connectivity index (χ1v) is 6.20. The first-order chi connectivity index (χ1) is 8.04. The lowest BCUT2D eigenvalue weighted by Gasteiger charge is -2.16. The van der Waals surface area contributed by atoms with Crippen molar-refractivity contribution in [3.8, 4) is 0 Å². The van der Waals surface area contributed by atoms with Crippen LogP contribution in [0.25, 0.3) is 0 Å². The Kier molecular flexibility index (Phi) is 5.38. The van der Waals surface area contributed by atoms with Crippen molar-refractivity contribution in [2.24, 2.45) is 5.73 Å². The minimum atomic E-state index is 0.282. The summed E-state index contributed by atoms with van der Waals surface area (Å²) in [5, 5.41) is 3.37. The van der Waals surface area contributed by atoms with E-state index in [2.05, 4.69) is 18.3 Å². The Morgan fingerprint density at radius 2 is 2.24 bits per heavy atom. The SMILES string of the molecule is CCOCC(C)Nc1ccc(C(N)=S)c(C)c1. The fourth-order valence-corrected chi connectivity index (χ4v) is 1.88. The highest BCUT2D eigenvalue weighted by Crippen LogP contribution is 2.16. The highest BCUT2D eigenvalue weighted by atomic mass is 32.1. The molecule has 0 saturated heterocycles. The molecule has 0 aliphatic rings. The molecule has 0 aliphatic heterocycles. The molecule has 94 valence electrons. The van der Waals surface area contributed by atoms with E-state index >= 15 is 0 Å². The zero-order chi connectivity index (χ0) is 12.8. The van der Waals surface area contributed by atoms with E-state index in [0.717, 1.165) is 23.4 Å². The lowest BCUT2D eigenvalue weighted by Crippen LogP contribution is -2.22. The number of nitrogens with one attached hydrogen (secondary N) is 1. The van der Waals surface area contributed by atoms with Gasteiger partial charge in [-0.3, -0.25) is 0 Å². The van der Waals surface area contributed by atoms with Crippen LogP contribution in [0.2, 0.25) is 0 Å². The number of aryl methyl sites for hydroxylation is 1. The summed E-state index contributed by atoms with van der Waals surface area (Å²) in [4.78, 5) is 0.441. The summed E-state index contributed by atoms with van der Waals surface area (Å²) in [6.45, 7) is 7.53. The van der Waals surface area contributed by atoms with E-state index in [4.69, 9.17) is 22.7 Å². The van der Waals surface area contributed by atoms with E-state index in [-0.39, 0.29) is 6.04 Å². The smallest absolute Gasteiger partial charge is 0.104 e. The van der Waals surface area contributed by atoms with Gasteiger partial charge in [0.1, 0.15) is 4.99 Å². The normalized spacial score (nSPS) is 12.2. The van der Waals surface area contributed by atoms with Gasteiger partial charge in [-0.15, -0.1) is 0 Å². The van der Waals surface area contributed by atoms with Gasteiger partial charge in [0.2, 0.25) is 0 Å². The molecule has 1 unspecified atom stereocenters. The summed E-state index contributed by atoms with van der Waals surface area (Å²) in [6, 6.07) is 6.28. The van der Waals surface area contributed by atoms with Crippen molar-refractivity contribution in [2.45, 2.75) is 26.8 Å². The molecule has 0 heterocycles. The second-order valence-corrected chi connectivity index (χ2v) is 4.54. The average Bonchev–Trinajstić information content (AvgIpc) is 2.26. The third-order valence-electron chi connectivity index (χ3n) is 2.48. The van der Waals surface area contributed by atoms with Gasteiger partial charge in [0.15, 0.2) is 0 Å². The summed E-state index contributed by atoms with van der Waals surface area (Å²) in [6.07, 6.45) is 0. The fraction of sp³-hybridized carbons (Fsp3) is 0.462. The zero-order valence-electron chi connectivity index (χ0n) is 10.6. The number of benzene rings is 1. The van der Waals surface area contributed by atoms with Crippen LogP contribution in [0.1, 0.15) is 25.0 Å². The van der Waals surface area contributed by atoms with Gasteiger partial charge in [-0.1, -0.05) is 12.2 Å². The van der Waals surface area contributed by atoms with Crippen molar-refractivity contribution in [1.29, 1.82) is 0 Å². The van der Waals surface area contributed by atoms with Crippen LogP contribution in [0.15, 0.2) is 18.2 Å². The third kappa shape index (κ3) is 4.32. The number of anilines is 1. The summed E-state index contributed by atoms with van der Waals surface area (Å²) >= 11 is 4.98. The van der Waals surface area contributed by atoms with Crippen LogP contribution in [0.5, 0.6) is 0 Å². The van der Waals surface area contributed by atoms with Gasteiger partial charge >= 0.3 is 0 Å². The number of hydrogen-bond donors (Lipinski definition) is 2. The minimum Gasteiger partial charge on any atom is -0.389 e. The molecule has 1 atom stereocenters. The van der Waals surface area contributed by atoms with E-state index < -0.39 is 0 Å². The zero-order valence-corrected chi connectivity index (χ0v) is 11.4. The molecule has 0 aromatic heterocycles. The van der Waals surface area contributed by atoms with Crippen LogP contribution in [0.3, 0.4) is 0 Å². The van der Waals surface area contributed by atoms with Crippen LogP contribution in [-0.4, -0.2) is 24.2 Å². The fourth-order valence-electron chi connectivity index (χ4n) is 1.65. The molecule has 1 rings (SSSR count). The molecule has 0 spiro atoms. The Morgan fingerprint density at radius 3 is 2.76 bits per heavy atom. The molecular weight excluding hydrogens is 232 g/mol. The average molecular weight is 252 g/mol. The second-order valence-electron chi connectivity index (χ2n) is 4.10. The molecule has 0 aliphatic carbocycles. The van der Waals surface area contributed by atoms with Crippen molar-refractivity contribution in [3.63, 3.8) is 0 Å². The van der Waals surface area contributed by atoms with Crippen LogP contribution in [0.4, 0.5) is 5.69 Å². The lowest BCUT2D eigenvalue weighted by atomic mass is 10.1. The van der Waals surface area contributed by atoms with E-state index in [1.54, 1.807) is 0 Å². The molecule has 17 heavy (non-hydrogen) atoms. The van der Waals surface area contributed by atoms with E-state index in [9.17, 15) is 0 Å². The van der Waals surface area contributed by atoms with Crippen LogP contribution < -0.4 is 11.1 Å². The van der Waals surface area contributed by atoms with Gasteiger partial charge in [0.05, 0.1) is 6.61 Å². The van der Waals surface area contributed by atoms with E-state index in [0.29, 0.717) is 11.6 Å². The summed E-state index contributed by atoms with van der Waals surface area (Å²) in [5.41, 5.74) is 8.71. The predicted molar refractivity (Wildman–Crippen MR) is 76.6 cm³/mol. The lowest BCUT2D eigenvalue weighted by molar-refractivity contribution is 0.141. The van der Waals surface area contributed by atoms with Crippen molar-refractivity contribution < 1.29 is 4.74 Å². The van der Waals surface area contributed by atoms with Gasteiger partial charge in [0, 0.05) is 23.9 Å². The Bertz CT molecular complexity index is 393. The molecule has 0 amide bonds.